The fourth-order valence-corrected chi connectivity index (χ4v) is 1.57. The maximum Gasteiger partial charge on any atom is 0.0892 e. The standard InChI is InChI=1S/C10H7N3/c1-3-11-5-9-7(1)8-2-4-12-10(8)6-13-9/h1-6,12H. The van der Waals surface area contributed by atoms with Gasteiger partial charge in [0.2, 0.25) is 0 Å². The highest BCUT2D eigenvalue weighted by molar-refractivity contribution is 6.03. The minimum Gasteiger partial charge on any atom is -0.360 e. The number of hydrogen-bond donors (Lipinski definition) is 1. The van der Waals surface area contributed by atoms with Crippen LogP contribution in [0.4, 0.5) is 0 Å². The van der Waals surface area contributed by atoms with E-state index in [4.69, 9.17) is 0 Å². The normalized spacial score (nSPS) is 11.1. The van der Waals surface area contributed by atoms with Crippen LogP contribution in [0.5, 0.6) is 0 Å². The highest BCUT2D eigenvalue weighted by Gasteiger charge is 2.00. The molecule has 0 radical (unpaired) electrons. The Balaban J connectivity index is 2.65. The molecule has 0 saturated heterocycles. The van der Waals surface area contributed by atoms with E-state index in [9.17, 15) is 0 Å². The Labute approximate surface area is 74.4 Å². The maximum absolute atomic E-state index is 4.29. The monoisotopic (exact) mass is 169 g/mol. The van der Waals surface area contributed by atoms with Crippen LogP contribution in [0.15, 0.2) is 36.9 Å². The first kappa shape index (κ1) is 6.60. The van der Waals surface area contributed by atoms with Crippen molar-refractivity contribution in [1.82, 2.24) is 15.0 Å². The fourth-order valence-electron chi connectivity index (χ4n) is 1.57. The SMILES string of the molecule is c1cc2c(cn1)ncc1[nH]ccc12. The molecule has 13 heavy (non-hydrogen) atoms. The van der Waals surface area contributed by atoms with E-state index >= 15 is 0 Å². The van der Waals surface area contributed by atoms with Crippen LogP contribution in [-0.2, 0) is 0 Å². The lowest BCUT2D eigenvalue weighted by Gasteiger charge is -1.96. The molecule has 0 amide bonds. The van der Waals surface area contributed by atoms with Crippen molar-refractivity contribution >= 4 is 21.8 Å². The lowest BCUT2D eigenvalue weighted by molar-refractivity contribution is 1.32. The van der Waals surface area contributed by atoms with Gasteiger partial charge in [0.25, 0.3) is 0 Å². The van der Waals surface area contributed by atoms with Crippen molar-refractivity contribution in [2.45, 2.75) is 0 Å². The topological polar surface area (TPSA) is 41.6 Å². The third-order valence-corrected chi connectivity index (χ3v) is 2.20. The Morgan fingerprint density at radius 3 is 3.08 bits per heavy atom. The lowest BCUT2D eigenvalue weighted by atomic mass is 10.2. The summed E-state index contributed by atoms with van der Waals surface area (Å²) in [5, 5.41) is 2.35. The summed E-state index contributed by atoms with van der Waals surface area (Å²) in [5.74, 6) is 0. The molecule has 0 spiro atoms. The number of nitrogens with one attached hydrogen (secondary N) is 1. The third kappa shape index (κ3) is 0.839. The van der Waals surface area contributed by atoms with E-state index in [0.29, 0.717) is 0 Å². The van der Waals surface area contributed by atoms with E-state index in [1.807, 2.05) is 18.5 Å². The second-order valence-electron chi connectivity index (χ2n) is 2.96. The van der Waals surface area contributed by atoms with Crippen LogP contribution >= 0.6 is 0 Å². The van der Waals surface area contributed by atoms with E-state index in [-0.39, 0.29) is 0 Å². The maximum atomic E-state index is 4.29. The summed E-state index contributed by atoms with van der Waals surface area (Å²) >= 11 is 0. The van der Waals surface area contributed by atoms with Crippen molar-refractivity contribution in [3.63, 3.8) is 0 Å². The third-order valence-electron chi connectivity index (χ3n) is 2.20. The first-order valence-corrected chi connectivity index (χ1v) is 4.11. The van der Waals surface area contributed by atoms with Crippen LogP contribution in [0.25, 0.3) is 21.8 Å². The van der Waals surface area contributed by atoms with Gasteiger partial charge >= 0.3 is 0 Å². The predicted octanol–water partition coefficient (Wildman–Crippen LogP) is 2.11. The summed E-state index contributed by atoms with van der Waals surface area (Å²) in [7, 11) is 0. The number of pyridine rings is 2. The molecule has 1 N–H and O–H groups in total. The molecule has 0 aromatic carbocycles. The van der Waals surface area contributed by atoms with Gasteiger partial charge in [-0.3, -0.25) is 9.97 Å². The molecule has 0 aliphatic heterocycles. The van der Waals surface area contributed by atoms with Gasteiger partial charge in [0, 0.05) is 23.2 Å². The van der Waals surface area contributed by atoms with Gasteiger partial charge in [-0.1, -0.05) is 0 Å². The van der Waals surface area contributed by atoms with Crippen LogP contribution in [0, 0.1) is 0 Å². The van der Waals surface area contributed by atoms with Gasteiger partial charge in [-0.15, -0.1) is 0 Å². The van der Waals surface area contributed by atoms with Gasteiger partial charge in [-0.05, 0) is 12.1 Å². The summed E-state index contributed by atoms with van der Waals surface area (Å²) in [6.45, 7) is 0. The van der Waals surface area contributed by atoms with Crippen molar-refractivity contribution in [2.24, 2.45) is 0 Å². The zero-order chi connectivity index (χ0) is 8.67. The summed E-state index contributed by atoms with van der Waals surface area (Å²) in [5.41, 5.74) is 2.01. The first-order valence-electron chi connectivity index (χ1n) is 4.11. The molecule has 0 unspecified atom stereocenters. The van der Waals surface area contributed by atoms with Crippen LogP contribution in [0.3, 0.4) is 0 Å². The minimum atomic E-state index is 0.939. The molecule has 0 bridgehead atoms. The average molecular weight is 169 g/mol. The fraction of sp³-hybridized carbons (Fsp3) is 0. The zero-order valence-electron chi connectivity index (χ0n) is 6.86. The van der Waals surface area contributed by atoms with Crippen molar-refractivity contribution < 1.29 is 0 Å². The first-order chi connectivity index (χ1) is 6.45. The molecule has 0 saturated carbocycles. The molecule has 0 fully saturated rings. The van der Waals surface area contributed by atoms with Gasteiger partial charge in [0.1, 0.15) is 0 Å². The molecule has 3 aromatic heterocycles. The molecule has 3 aromatic rings. The summed E-state index contributed by atoms with van der Waals surface area (Å²) in [6, 6.07) is 4.04. The smallest absolute Gasteiger partial charge is 0.0892 e. The highest BCUT2D eigenvalue weighted by atomic mass is 14.8. The molecule has 3 heterocycles. The Bertz CT molecular complexity index is 568. The van der Waals surface area contributed by atoms with Crippen LogP contribution in [0.2, 0.25) is 0 Å². The molecule has 62 valence electrons. The van der Waals surface area contributed by atoms with Gasteiger partial charge in [0.05, 0.1) is 23.4 Å². The van der Waals surface area contributed by atoms with Crippen LogP contribution < -0.4 is 0 Å². The second-order valence-corrected chi connectivity index (χ2v) is 2.96. The van der Waals surface area contributed by atoms with Crippen molar-refractivity contribution in [3.8, 4) is 0 Å². The van der Waals surface area contributed by atoms with E-state index in [2.05, 4.69) is 21.0 Å². The van der Waals surface area contributed by atoms with Gasteiger partial charge in [0.15, 0.2) is 0 Å². The Hall–Kier alpha value is -1.90. The molecule has 3 rings (SSSR count). The van der Waals surface area contributed by atoms with Crippen molar-refractivity contribution in [1.29, 1.82) is 0 Å². The Kier molecular flexibility index (Phi) is 1.16. The molecular weight excluding hydrogens is 162 g/mol. The quantitative estimate of drug-likeness (QED) is 0.560. The number of fused-ring (bicyclic) bond motifs is 3. The number of aromatic nitrogens is 3. The Morgan fingerprint density at radius 2 is 2.08 bits per heavy atom. The zero-order valence-corrected chi connectivity index (χ0v) is 6.86. The van der Waals surface area contributed by atoms with E-state index in [0.717, 1.165) is 16.4 Å². The second kappa shape index (κ2) is 2.29. The van der Waals surface area contributed by atoms with Crippen LogP contribution in [-0.4, -0.2) is 15.0 Å². The number of H-pyrrole nitrogens is 1. The number of aromatic amines is 1. The predicted molar refractivity (Wildman–Crippen MR) is 51.4 cm³/mol. The van der Waals surface area contributed by atoms with E-state index in [1.165, 1.54) is 5.39 Å². The Morgan fingerprint density at radius 1 is 1.08 bits per heavy atom. The molecule has 3 heteroatoms. The largest absolute Gasteiger partial charge is 0.360 e. The molecular formula is C10H7N3. The van der Waals surface area contributed by atoms with Crippen molar-refractivity contribution in [3.05, 3.63) is 36.9 Å². The molecule has 0 atom stereocenters. The highest BCUT2D eigenvalue weighted by Crippen LogP contribution is 2.20. The van der Waals surface area contributed by atoms with Crippen molar-refractivity contribution in [2.75, 3.05) is 0 Å². The van der Waals surface area contributed by atoms with Gasteiger partial charge in [-0.25, -0.2) is 0 Å². The number of rotatable bonds is 0. The molecule has 3 nitrogen and oxygen atoms in total. The average Bonchev–Trinajstić information content (AvgIpc) is 2.65. The van der Waals surface area contributed by atoms with Crippen LogP contribution in [0.1, 0.15) is 0 Å². The minimum absolute atomic E-state index is 0.939. The van der Waals surface area contributed by atoms with E-state index < -0.39 is 0 Å². The molecule has 0 aliphatic carbocycles. The lowest BCUT2D eigenvalue weighted by Crippen LogP contribution is -1.80. The summed E-state index contributed by atoms with van der Waals surface area (Å²) in [4.78, 5) is 11.4. The number of nitrogens with zero attached hydrogens (tertiary/aromatic N) is 2. The summed E-state index contributed by atoms with van der Waals surface area (Å²) in [6.07, 6.45) is 7.32. The summed E-state index contributed by atoms with van der Waals surface area (Å²) < 4.78 is 0. The van der Waals surface area contributed by atoms with E-state index in [1.54, 1.807) is 12.4 Å². The van der Waals surface area contributed by atoms with Gasteiger partial charge < -0.3 is 4.98 Å². The molecule has 0 aliphatic rings. The number of hydrogen-bond acceptors (Lipinski definition) is 2. The van der Waals surface area contributed by atoms with Gasteiger partial charge in [-0.2, -0.15) is 0 Å².